The van der Waals surface area contributed by atoms with Crippen molar-refractivity contribution in [2.75, 3.05) is 14.2 Å². The van der Waals surface area contributed by atoms with Crippen molar-refractivity contribution in [2.45, 2.75) is 14.9 Å². The topological polar surface area (TPSA) is 52.6 Å². The summed E-state index contributed by atoms with van der Waals surface area (Å²) in [7, 11) is 3.18. The molecule has 0 unspecified atom stereocenters. The molecule has 0 aliphatic heterocycles. The van der Waals surface area contributed by atoms with Crippen molar-refractivity contribution >= 4 is 65.3 Å². The molecule has 0 amide bonds. The van der Waals surface area contributed by atoms with Crippen LogP contribution in [0.3, 0.4) is 0 Å². The summed E-state index contributed by atoms with van der Waals surface area (Å²) < 4.78 is 9.76. The van der Waals surface area contributed by atoms with Crippen LogP contribution in [0.15, 0.2) is 48.5 Å². The van der Waals surface area contributed by atoms with E-state index in [1.807, 2.05) is 0 Å². The van der Waals surface area contributed by atoms with Gasteiger partial charge >= 0.3 is 170 Å². The molecular formula is C18H22O4Se2Sn. The van der Waals surface area contributed by atoms with Crippen LogP contribution in [0.1, 0.15) is 35.6 Å². The molecule has 25 heavy (non-hydrogen) atoms. The quantitative estimate of drug-likeness (QED) is 0.524. The normalized spacial score (nSPS) is 8.08. The van der Waals surface area contributed by atoms with Gasteiger partial charge in [0.05, 0.1) is 0 Å². The molecule has 0 bridgehead atoms. The second kappa shape index (κ2) is 15.5. The average Bonchev–Trinajstić information content (AvgIpc) is 2.55. The molecule has 7 heteroatoms. The summed E-state index contributed by atoms with van der Waals surface area (Å²) in [5, 5.41) is 0. The predicted molar refractivity (Wildman–Crippen MR) is 105 cm³/mol. The first kappa shape index (κ1) is 29.0. The van der Waals surface area contributed by atoms with E-state index in [1.54, 1.807) is 62.8 Å². The molecule has 0 heterocycles. The van der Waals surface area contributed by atoms with E-state index < -0.39 is 0 Å². The van der Waals surface area contributed by atoms with Crippen molar-refractivity contribution in [1.82, 2.24) is 0 Å². The van der Waals surface area contributed by atoms with Crippen LogP contribution in [0.2, 0.25) is 0 Å². The Balaban J connectivity index is -0.000000346. The van der Waals surface area contributed by atoms with Gasteiger partial charge < -0.3 is 0 Å². The molecule has 0 spiro atoms. The minimum Gasteiger partial charge on any atom is 2.00 e. The minimum absolute atomic E-state index is 0. The molecule has 134 valence electrons. The van der Waals surface area contributed by atoms with Gasteiger partial charge in [-0.25, -0.2) is 0 Å². The van der Waals surface area contributed by atoms with Crippen LogP contribution in [-0.4, -0.2) is 79.5 Å². The third-order valence-corrected chi connectivity index (χ3v) is 3.64. The maximum Gasteiger partial charge on any atom is 2.00 e. The molecule has 0 atom stereocenters. The van der Waals surface area contributed by atoms with Crippen molar-refractivity contribution in [1.29, 1.82) is 0 Å². The van der Waals surface area contributed by atoms with Gasteiger partial charge in [0, 0.05) is 0 Å². The number of carbonyl (C=O) groups excluding carboxylic acids is 2. The first-order valence-corrected chi connectivity index (χ1v) is 7.90. The van der Waals surface area contributed by atoms with E-state index >= 15 is 0 Å². The molecule has 2 rings (SSSR count). The summed E-state index contributed by atoms with van der Waals surface area (Å²) in [4.78, 5) is 21.5. The third-order valence-electron chi connectivity index (χ3n) is 2.65. The fourth-order valence-electron chi connectivity index (χ4n) is 1.45. The van der Waals surface area contributed by atoms with Crippen LogP contribution >= 0.6 is 0 Å². The van der Waals surface area contributed by atoms with E-state index in [9.17, 15) is 9.59 Å². The molecule has 0 fully saturated rings. The molecule has 2 radical (unpaired) electrons. The van der Waals surface area contributed by atoms with Crippen LogP contribution < -0.4 is 9.47 Å². The Kier molecular flexibility index (Phi) is 17.9. The maximum atomic E-state index is 10.7. The Bertz CT molecular complexity index is 571. The van der Waals surface area contributed by atoms with Crippen LogP contribution in [-0.2, 0) is 0 Å². The van der Waals surface area contributed by atoms with Crippen molar-refractivity contribution < 1.29 is 19.1 Å². The summed E-state index contributed by atoms with van der Waals surface area (Å²) in [6, 6.07) is 13.9. The molecule has 2 aromatic carbocycles. The molecular weight excluding hydrogens is 557 g/mol. The van der Waals surface area contributed by atoms with Crippen LogP contribution in [0.4, 0.5) is 0 Å². The zero-order valence-electron chi connectivity index (χ0n) is 12.6. The number of ether oxygens (including phenoxy) is 2. The van der Waals surface area contributed by atoms with Gasteiger partial charge in [0.25, 0.3) is 0 Å². The summed E-state index contributed by atoms with van der Waals surface area (Å²) >= 11 is 4.83. The molecule has 0 aromatic heterocycles. The van der Waals surface area contributed by atoms with Gasteiger partial charge in [0.2, 0.25) is 0 Å². The second-order valence-corrected chi connectivity index (χ2v) is 5.59. The molecule has 0 N–H and O–H groups in total. The largest absolute Gasteiger partial charge is 2.00 e. The number of hydrogen-bond acceptors (Lipinski definition) is 4. The summed E-state index contributed by atoms with van der Waals surface area (Å²) in [6.45, 7) is 0. The van der Waals surface area contributed by atoms with E-state index in [4.69, 9.17) is 9.47 Å². The number of hydrogen-bond donors (Lipinski definition) is 0. The predicted octanol–water partition coefficient (Wildman–Crippen LogP) is 2.90. The Morgan fingerprint density at radius 3 is 1.08 bits per heavy atom. The van der Waals surface area contributed by atoms with Crippen molar-refractivity contribution in [3.8, 4) is 11.5 Å². The van der Waals surface area contributed by atoms with E-state index in [-0.39, 0.29) is 48.1 Å². The summed E-state index contributed by atoms with van der Waals surface area (Å²) in [5.41, 5.74) is 1.32. The van der Waals surface area contributed by atoms with Crippen LogP contribution in [0, 0.1) is 0 Å². The number of methoxy groups -OCH3 is 2. The molecule has 2 aromatic rings. The van der Waals surface area contributed by atoms with Gasteiger partial charge in [-0.1, -0.05) is 14.9 Å². The molecule has 0 aliphatic carbocycles. The Morgan fingerprint density at radius 1 is 0.680 bits per heavy atom. The van der Waals surface area contributed by atoms with Crippen molar-refractivity contribution in [2.24, 2.45) is 0 Å². The van der Waals surface area contributed by atoms with Gasteiger partial charge in [-0.2, -0.15) is 0 Å². The monoisotopic (exact) mass is 582 g/mol. The van der Waals surface area contributed by atoms with E-state index in [0.29, 0.717) is 11.1 Å². The van der Waals surface area contributed by atoms with Gasteiger partial charge in [0.15, 0.2) is 0 Å². The SMILES string of the molecule is C.C.COc1ccc(C(=O)[Se-])cc1.COc1ccc(C(=O)[Se-])cc1.[Sn+2]. The minimum atomic E-state index is -0.0485. The first-order chi connectivity index (χ1) is 10.5. The van der Waals surface area contributed by atoms with Crippen LogP contribution in [0.25, 0.3) is 0 Å². The van der Waals surface area contributed by atoms with Gasteiger partial charge in [-0.3, -0.25) is 0 Å². The Labute approximate surface area is 183 Å². The molecule has 0 aliphatic rings. The summed E-state index contributed by atoms with van der Waals surface area (Å²) in [5.74, 6) is 1.52. The third kappa shape index (κ3) is 10.7. The standard InChI is InChI=1S/2C8H8O2Se.2CH4.Sn/c2*1-10-7-4-2-6(3-5-7)8(9)11;;;/h2*2-5H,1H3,(H,9,11);2*1H4;/q;;;;+2/p-2. The van der Waals surface area contributed by atoms with Crippen LogP contribution in [0.5, 0.6) is 11.5 Å². The van der Waals surface area contributed by atoms with Crippen molar-refractivity contribution in [3.05, 3.63) is 59.7 Å². The zero-order valence-corrected chi connectivity index (χ0v) is 18.8. The zero-order chi connectivity index (χ0) is 16.5. The van der Waals surface area contributed by atoms with Gasteiger partial charge in [-0.15, -0.1) is 0 Å². The first-order valence-electron chi connectivity index (χ1n) is 6.18. The Morgan fingerprint density at radius 2 is 0.920 bits per heavy atom. The molecule has 0 saturated heterocycles. The average molecular weight is 579 g/mol. The van der Waals surface area contributed by atoms with E-state index in [0.717, 1.165) is 11.5 Å². The van der Waals surface area contributed by atoms with E-state index in [2.05, 4.69) is 32.0 Å². The Hall–Kier alpha value is -0.782. The van der Waals surface area contributed by atoms with Crippen molar-refractivity contribution in [3.63, 3.8) is 0 Å². The molecule has 4 nitrogen and oxygen atoms in total. The van der Waals surface area contributed by atoms with Gasteiger partial charge in [0.1, 0.15) is 0 Å². The van der Waals surface area contributed by atoms with Gasteiger partial charge in [-0.05, 0) is 0 Å². The fourth-order valence-corrected chi connectivity index (χ4v) is 2.03. The van der Waals surface area contributed by atoms with E-state index in [1.165, 1.54) is 0 Å². The second-order valence-electron chi connectivity index (χ2n) is 4.03. The number of carbonyl (C=O) groups is 2. The fraction of sp³-hybridized carbons (Fsp3) is 0.222. The summed E-state index contributed by atoms with van der Waals surface area (Å²) in [6.07, 6.45) is 0. The smallest absolute Gasteiger partial charge is 2.00 e. The molecule has 0 saturated carbocycles. The number of rotatable bonds is 4. The maximum absolute atomic E-state index is 10.7. The number of benzene rings is 2.